The van der Waals surface area contributed by atoms with Crippen molar-refractivity contribution in [3.8, 4) is 0 Å². The van der Waals surface area contributed by atoms with E-state index in [0.717, 1.165) is 18.4 Å². The zero-order valence-electron chi connectivity index (χ0n) is 11.4. The summed E-state index contributed by atoms with van der Waals surface area (Å²) in [6, 6.07) is 0. The summed E-state index contributed by atoms with van der Waals surface area (Å²) in [5, 5.41) is 10.2. The van der Waals surface area contributed by atoms with Gasteiger partial charge >= 0.3 is 0 Å². The first-order chi connectivity index (χ1) is 8.36. The van der Waals surface area contributed by atoms with Gasteiger partial charge < -0.3 is 5.11 Å². The van der Waals surface area contributed by atoms with E-state index in [4.69, 9.17) is 0 Å². The van der Waals surface area contributed by atoms with Crippen LogP contribution in [0.5, 0.6) is 0 Å². The third-order valence-electron chi connectivity index (χ3n) is 4.27. The van der Waals surface area contributed by atoms with E-state index in [0.29, 0.717) is 11.5 Å². The van der Waals surface area contributed by atoms with Gasteiger partial charge in [0, 0.05) is 16.7 Å². The van der Waals surface area contributed by atoms with Crippen molar-refractivity contribution < 1.29 is 14.7 Å². The Balaban J connectivity index is 2.65. The van der Waals surface area contributed by atoms with Crippen molar-refractivity contribution in [3.05, 3.63) is 22.5 Å². The molecule has 0 aromatic heterocycles. The van der Waals surface area contributed by atoms with Gasteiger partial charge in [-0.3, -0.25) is 9.59 Å². The molecule has 0 aliphatic heterocycles. The number of Topliss-reactive ketones (excluding diaryl/α,β-unsaturated/α-hetero) is 2. The molecule has 0 fully saturated rings. The lowest BCUT2D eigenvalue weighted by atomic mass is 9.68. The number of carbonyl (C=O) groups is 2. The number of hydrogen-bond acceptors (Lipinski definition) is 3. The third kappa shape index (κ3) is 1.73. The molecule has 3 heteroatoms. The Morgan fingerprint density at radius 1 is 1.11 bits per heavy atom. The Morgan fingerprint density at radius 2 is 1.72 bits per heavy atom. The van der Waals surface area contributed by atoms with E-state index >= 15 is 0 Å². The number of hydrogen-bond donors (Lipinski definition) is 1. The monoisotopic (exact) mass is 248 g/mol. The molecule has 0 saturated carbocycles. The van der Waals surface area contributed by atoms with Crippen LogP contribution in [0.15, 0.2) is 22.5 Å². The van der Waals surface area contributed by atoms with E-state index in [1.165, 1.54) is 6.92 Å². The van der Waals surface area contributed by atoms with Gasteiger partial charge in [-0.05, 0) is 37.5 Å². The quantitative estimate of drug-likeness (QED) is 0.573. The summed E-state index contributed by atoms with van der Waals surface area (Å²) in [6.07, 6.45) is 1.88. The maximum atomic E-state index is 12.1. The lowest BCUT2D eigenvalue weighted by Crippen LogP contribution is -2.34. The largest absolute Gasteiger partial charge is 0.507 e. The van der Waals surface area contributed by atoms with Gasteiger partial charge in [0.15, 0.2) is 0 Å². The van der Waals surface area contributed by atoms with Crippen molar-refractivity contribution in [1.82, 2.24) is 0 Å². The van der Waals surface area contributed by atoms with Crippen molar-refractivity contribution in [2.75, 3.05) is 0 Å². The number of ketones is 2. The highest BCUT2D eigenvalue weighted by Crippen LogP contribution is 2.44. The van der Waals surface area contributed by atoms with Gasteiger partial charge in [0.25, 0.3) is 0 Å². The van der Waals surface area contributed by atoms with Gasteiger partial charge in [-0.1, -0.05) is 20.8 Å². The van der Waals surface area contributed by atoms with E-state index in [9.17, 15) is 14.7 Å². The third-order valence-corrected chi connectivity index (χ3v) is 4.27. The molecule has 0 aromatic rings. The summed E-state index contributed by atoms with van der Waals surface area (Å²) < 4.78 is 0. The predicted molar refractivity (Wildman–Crippen MR) is 69.1 cm³/mol. The van der Waals surface area contributed by atoms with Gasteiger partial charge in [-0.2, -0.15) is 0 Å². The molecule has 0 amide bonds. The maximum Gasteiger partial charge on any atom is 0.232 e. The molecule has 0 aromatic carbocycles. The van der Waals surface area contributed by atoms with Crippen molar-refractivity contribution >= 4 is 11.6 Å². The lowest BCUT2D eigenvalue weighted by molar-refractivity contribution is -0.133. The first-order valence-corrected chi connectivity index (χ1v) is 6.59. The van der Waals surface area contributed by atoms with Gasteiger partial charge in [0.05, 0.1) is 0 Å². The molecule has 0 saturated heterocycles. The van der Waals surface area contributed by atoms with Crippen molar-refractivity contribution in [1.29, 1.82) is 0 Å². The van der Waals surface area contributed by atoms with Gasteiger partial charge in [-0.15, -0.1) is 0 Å². The molecule has 1 N–H and O–H groups in total. The molecule has 3 nitrogen and oxygen atoms in total. The Hall–Kier alpha value is -1.38. The lowest BCUT2D eigenvalue weighted by Gasteiger charge is -2.36. The predicted octanol–water partition coefficient (Wildman–Crippen LogP) is 2.97. The molecular formula is C15H20O3. The van der Waals surface area contributed by atoms with E-state index in [2.05, 4.69) is 13.8 Å². The van der Waals surface area contributed by atoms with Crippen LogP contribution in [-0.2, 0) is 9.59 Å². The van der Waals surface area contributed by atoms with Gasteiger partial charge in [-0.25, -0.2) is 0 Å². The Labute approximate surface area is 108 Å². The smallest absolute Gasteiger partial charge is 0.232 e. The minimum absolute atomic E-state index is 0.0554. The average molecular weight is 248 g/mol. The van der Waals surface area contributed by atoms with E-state index in [-0.39, 0.29) is 23.2 Å². The first kappa shape index (κ1) is 13.1. The highest BCUT2D eigenvalue weighted by atomic mass is 16.3. The Bertz CT molecular complexity index is 480. The fraction of sp³-hybridized carbons (Fsp3) is 0.600. The molecule has 98 valence electrons. The summed E-state index contributed by atoms with van der Waals surface area (Å²) >= 11 is 0. The van der Waals surface area contributed by atoms with Crippen LogP contribution in [0.3, 0.4) is 0 Å². The molecule has 18 heavy (non-hydrogen) atoms. The van der Waals surface area contributed by atoms with E-state index < -0.39 is 11.6 Å². The number of allylic oxidation sites excluding steroid dienone is 3. The summed E-state index contributed by atoms with van der Waals surface area (Å²) in [7, 11) is 0. The van der Waals surface area contributed by atoms with Crippen LogP contribution in [0.2, 0.25) is 0 Å². The summed E-state index contributed by atoms with van der Waals surface area (Å²) in [5.74, 6) is -0.274. The number of rotatable bonds is 1. The SMILES string of the molecule is CC1=C(O)C2=C(C(=O)C1=O)C(C)CCC2C(C)C. The van der Waals surface area contributed by atoms with Crippen molar-refractivity contribution in [3.63, 3.8) is 0 Å². The van der Waals surface area contributed by atoms with Crippen LogP contribution in [0.25, 0.3) is 0 Å². The minimum Gasteiger partial charge on any atom is -0.507 e. The van der Waals surface area contributed by atoms with Crippen LogP contribution in [0.4, 0.5) is 0 Å². The molecule has 0 spiro atoms. The summed E-state index contributed by atoms with van der Waals surface area (Å²) in [4.78, 5) is 24.0. The maximum absolute atomic E-state index is 12.1. The number of aliphatic hydroxyl groups excluding tert-OH is 1. The first-order valence-electron chi connectivity index (χ1n) is 6.59. The molecule has 0 radical (unpaired) electrons. The van der Waals surface area contributed by atoms with Crippen molar-refractivity contribution in [2.45, 2.75) is 40.5 Å². The Kier molecular flexibility index (Phi) is 3.18. The normalized spacial score (nSPS) is 29.2. The van der Waals surface area contributed by atoms with Crippen LogP contribution in [0, 0.1) is 17.8 Å². The fourth-order valence-electron chi connectivity index (χ4n) is 3.10. The van der Waals surface area contributed by atoms with Crippen LogP contribution >= 0.6 is 0 Å². The molecular weight excluding hydrogens is 228 g/mol. The topological polar surface area (TPSA) is 54.4 Å². The zero-order chi connectivity index (χ0) is 13.6. The molecule has 2 unspecified atom stereocenters. The standard InChI is InChI=1S/C15H20O3/c1-7(2)10-6-5-8(3)11-12(10)13(16)9(4)14(17)15(11)18/h7-8,10,16H,5-6H2,1-4H3. The average Bonchev–Trinajstić information content (AvgIpc) is 2.32. The molecule has 0 heterocycles. The second-order valence-corrected chi connectivity index (χ2v) is 5.79. The summed E-state index contributed by atoms with van der Waals surface area (Å²) in [6.45, 7) is 7.69. The molecule has 2 atom stereocenters. The molecule has 2 aliphatic carbocycles. The minimum atomic E-state index is -0.539. The molecule has 0 bridgehead atoms. The Morgan fingerprint density at radius 3 is 2.28 bits per heavy atom. The highest BCUT2D eigenvalue weighted by molar-refractivity contribution is 6.50. The molecule has 2 rings (SSSR count). The molecule has 2 aliphatic rings. The zero-order valence-corrected chi connectivity index (χ0v) is 11.4. The van der Waals surface area contributed by atoms with Crippen LogP contribution in [0.1, 0.15) is 40.5 Å². The second-order valence-electron chi connectivity index (χ2n) is 5.79. The number of aliphatic hydroxyl groups is 1. The summed E-state index contributed by atoms with van der Waals surface area (Å²) in [5.41, 5.74) is 1.51. The fourth-order valence-corrected chi connectivity index (χ4v) is 3.10. The van der Waals surface area contributed by atoms with Gasteiger partial charge in [0.1, 0.15) is 5.76 Å². The van der Waals surface area contributed by atoms with E-state index in [1.807, 2.05) is 6.92 Å². The highest BCUT2D eigenvalue weighted by Gasteiger charge is 2.41. The second kappa shape index (κ2) is 4.38. The van der Waals surface area contributed by atoms with E-state index in [1.54, 1.807) is 0 Å². The van der Waals surface area contributed by atoms with Crippen LogP contribution < -0.4 is 0 Å². The van der Waals surface area contributed by atoms with Crippen LogP contribution in [-0.4, -0.2) is 16.7 Å². The number of carbonyl (C=O) groups excluding carboxylic acids is 2. The van der Waals surface area contributed by atoms with Gasteiger partial charge in [0.2, 0.25) is 11.6 Å². The van der Waals surface area contributed by atoms with Crippen molar-refractivity contribution in [2.24, 2.45) is 17.8 Å².